The molecule has 1 N–H and O–H groups in total. The second-order valence-electron chi connectivity index (χ2n) is 6.07. The molecule has 0 radical (unpaired) electrons. The number of ether oxygens (including phenoxy) is 1. The number of benzene rings is 1. The Morgan fingerprint density at radius 3 is 2.47 bits per heavy atom. The first kappa shape index (κ1) is 16.5. The second-order valence-corrected chi connectivity index (χ2v) is 6.92. The van der Waals surface area contributed by atoms with E-state index in [1.54, 1.807) is 7.11 Å². The highest BCUT2D eigenvalue weighted by molar-refractivity contribution is 9.10. The fourth-order valence-corrected chi connectivity index (χ4v) is 2.97. The summed E-state index contributed by atoms with van der Waals surface area (Å²) < 4.78 is 6.28. The highest BCUT2D eigenvalue weighted by Gasteiger charge is 2.22. The number of hydrogen-bond acceptors (Lipinski definition) is 2. The molecule has 2 nitrogen and oxygen atoms in total. The fraction of sp³-hybridized carbons (Fsp3) is 0.625. The number of methoxy groups -OCH3 is 1. The van der Waals surface area contributed by atoms with Crippen molar-refractivity contribution in [1.82, 2.24) is 5.32 Å². The highest BCUT2D eigenvalue weighted by Crippen LogP contribution is 2.27. The van der Waals surface area contributed by atoms with Crippen LogP contribution >= 0.6 is 15.9 Å². The van der Waals surface area contributed by atoms with Gasteiger partial charge >= 0.3 is 0 Å². The molecule has 19 heavy (non-hydrogen) atoms. The van der Waals surface area contributed by atoms with E-state index in [-0.39, 0.29) is 0 Å². The quantitative estimate of drug-likeness (QED) is 0.835. The Bertz CT molecular complexity index is 398. The van der Waals surface area contributed by atoms with Crippen molar-refractivity contribution in [2.45, 2.75) is 46.1 Å². The molecule has 1 atom stereocenters. The van der Waals surface area contributed by atoms with Gasteiger partial charge in [-0.2, -0.15) is 0 Å². The van der Waals surface area contributed by atoms with Gasteiger partial charge in [-0.15, -0.1) is 0 Å². The molecule has 0 aliphatic heterocycles. The molecule has 0 fully saturated rings. The van der Waals surface area contributed by atoms with E-state index >= 15 is 0 Å². The van der Waals surface area contributed by atoms with Crippen LogP contribution in [0.2, 0.25) is 0 Å². The third-order valence-corrected chi connectivity index (χ3v) is 4.19. The minimum Gasteiger partial charge on any atom is -0.496 e. The van der Waals surface area contributed by atoms with Crippen LogP contribution in [0.1, 0.15) is 39.2 Å². The lowest BCUT2D eigenvalue weighted by Gasteiger charge is -2.30. The SMILES string of the molecule is CNC(CCCc1ccc(OC)c(Br)c1)C(C)(C)C. The van der Waals surface area contributed by atoms with Gasteiger partial charge in [-0.3, -0.25) is 0 Å². The van der Waals surface area contributed by atoms with E-state index in [9.17, 15) is 0 Å². The molecule has 0 aliphatic rings. The standard InChI is InChI=1S/C16H26BrNO/c1-16(2,3)15(18-4)8-6-7-12-9-10-14(19-5)13(17)11-12/h9-11,15,18H,6-8H2,1-5H3. The Labute approximate surface area is 126 Å². The molecule has 0 saturated heterocycles. The Balaban J connectivity index is 2.51. The van der Waals surface area contributed by atoms with Crippen LogP contribution in [0, 0.1) is 5.41 Å². The molecule has 0 aliphatic carbocycles. The normalized spacial score (nSPS) is 13.4. The van der Waals surface area contributed by atoms with Crippen molar-refractivity contribution in [2.75, 3.05) is 14.2 Å². The summed E-state index contributed by atoms with van der Waals surface area (Å²) in [6, 6.07) is 6.90. The van der Waals surface area contributed by atoms with Gasteiger partial charge in [0.05, 0.1) is 11.6 Å². The summed E-state index contributed by atoms with van der Waals surface area (Å²) >= 11 is 3.54. The van der Waals surface area contributed by atoms with Crippen LogP contribution in [0.3, 0.4) is 0 Å². The molecule has 0 heterocycles. The highest BCUT2D eigenvalue weighted by atomic mass is 79.9. The lowest BCUT2D eigenvalue weighted by molar-refractivity contribution is 0.263. The van der Waals surface area contributed by atoms with Gasteiger partial charge in [-0.1, -0.05) is 26.8 Å². The Morgan fingerprint density at radius 2 is 2.00 bits per heavy atom. The molecule has 108 valence electrons. The van der Waals surface area contributed by atoms with Gasteiger partial charge in [0, 0.05) is 6.04 Å². The zero-order valence-electron chi connectivity index (χ0n) is 12.7. The van der Waals surface area contributed by atoms with Crippen molar-refractivity contribution in [3.8, 4) is 5.75 Å². The average Bonchev–Trinajstić information content (AvgIpc) is 2.33. The van der Waals surface area contributed by atoms with Gasteiger partial charge in [-0.05, 0) is 65.4 Å². The van der Waals surface area contributed by atoms with Gasteiger partial charge in [0.1, 0.15) is 5.75 Å². The third-order valence-electron chi connectivity index (χ3n) is 3.57. The molecule has 1 rings (SSSR count). The average molecular weight is 328 g/mol. The number of rotatable bonds is 6. The van der Waals surface area contributed by atoms with Crippen molar-refractivity contribution >= 4 is 15.9 Å². The predicted molar refractivity (Wildman–Crippen MR) is 85.9 cm³/mol. The summed E-state index contributed by atoms with van der Waals surface area (Å²) in [4.78, 5) is 0. The first-order valence-corrected chi connectivity index (χ1v) is 7.67. The van der Waals surface area contributed by atoms with E-state index in [0.717, 1.165) is 16.6 Å². The number of halogens is 1. The molecule has 0 aromatic heterocycles. The van der Waals surface area contributed by atoms with E-state index in [1.807, 2.05) is 6.07 Å². The van der Waals surface area contributed by atoms with Crippen molar-refractivity contribution < 1.29 is 4.74 Å². The topological polar surface area (TPSA) is 21.3 Å². The van der Waals surface area contributed by atoms with Crippen LogP contribution in [0.4, 0.5) is 0 Å². The maximum atomic E-state index is 5.25. The molecular formula is C16H26BrNO. The lowest BCUT2D eigenvalue weighted by Crippen LogP contribution is -2.37. The minimum absolute atomic E-state index is 0.315. The summed E-state index contributed by atoms with van der Waals surface area (Å²) in [6.07, 6.45) is 3.50. The van der Waals surface area contributed by atoms with Crippen molar-refractivity contribution in [3.05, 3.63) is 28.2 Å². The largest absolute Gasteiger partial charge is 0.496 e. The van der Waals surface area contributed by atoms with Crippen LogP contribution in [-0.4, -0.2) is 20.2 Å². The first-order valence-electron chi connectivity index (χ1n) is 6.88. The van der Waals surface area contributed by atoms with Gasteiger partial charge in [0.25, 0.3) is 0 Å². The molecule has 0 saturated carbocycles. The maximum absolute atomic E-state index is 5.25. The smallest absolute Gasteiger partial charge is 0.133 e. The van der Waals surface area contributed by atoms with E-state index < -0.39 is 0 Å². The molecule has 0 bridgehead atoms. The van der Waals surface area contributed by atoms with E-state index in [1.165, 1.54) is 18.4 Å². The van der Waals surface area contributed by atoms with Crippen molar-refractivity contribution in [3.63, 3.8) is 0 Å². The van der Waals surface area contributed by atoms with E-state index in [4.69, 9.17) is 4.74 Å². The van der Waals surface area contributed by atoms with E-state index in [0.29, 0.717) is 11.5 Å². The van der Waals surface area contributed by atoms with Crippen molar-refractivity contribution in [2.24, 2.45) is 5.41 Å². The second kappa shape index (κ2) is 7.30. The molecule has 0 spiro atoms. The van der Waals surface area contributed by atoms with Crippen LogP contribution < -0.4 is 10.1 Å². The van der Waals surface area contributed by atoms with Crippen LogP contribution in [0.15, 0.2) is 22.7 Å². The molecule has 1 unspecified atom stereocenters. The number of nitrogens with one attached hydrogen (secondary N) is 1. The summed E-state index contributed by atoms with van der Waals surface area (Å²) in [5, 5.41) is 3.43. The Morgan fingerprint density at radius 1 is 1.32 bits per heavy atom. The summed E-state index contributed by atoms with van der Waals surface area (Å²) in [7, 11) is 3.75. The Kier molecular flexibility index (Phi) is 6.34. The van der Waals surface area contributed by atoms with Crippen LogP contribution in [0.5, 0.6) is 5.75 Å². The molecule has 0 amide bonds. The zero-order valence-corrected chi connectivity index (χ0v) is 14.3. The van der Waals surface area contributed by atoms with Crippen molar-refractivity contribution in [1.29, 1.82) is 0 Å². The van der Waals surface area contributed by atoms with E-state index in [2.05, 4.69) is 61.2 Å². The van der Waals surface area contributed by atoms with Gasteiger partial charge in [-0.25, -0.2) is 0 Å². The first-order chi connectivity index (χ1) is 8.88. The van der Waals surface area contributed by atoms with Gasteiger partial charge in [0.2, 0.25) is 0 Å². The maximum Gasteiger partial charge on any atom is 0.133 e. The fourth-order valence-electron chi connectivity index (χ4n) is 2.39. The van der Waals surface area contributed by atoms with Crippen LogP contribution in [-0.2, 0) is 6.42 Å². The predicted octanol–water partition coefficient (Wildman–Crippen LogP) is 4.41. The monoisotopic (exact) mass is 327 g/mol. The molecule has 3 heteroatoms. The van der Waals surface area contributed by atoms with Gasteiger partial charge in [0.15, 0.2) is 0 Å². The molecular weight excluding hydrogens is 302 g/mol. The molecule has 1 aromatic carbocycles. The lowest BCUT2D eigenvalue weighted by atomic mass is 9.83. The van der Waals surface area contributed by atoms with Gasteiger partial charge < -0.3 is 10.1 Å². The third kappa shape index (κ3) is 5.15. The van der Waals surface area contributed by atoms with Crippen LogP contribution in [0.25, 0.3) is 0 Å². The number of aryl methyl sites for hydroxylation is 1. The summed E-state index contributed by atoms with van der Waals surface area (Å²) in [6.45, 7) is 6.87. The zero-order chi connectivity index (χ0) is 14.5. The molecule has 1 aromatic rings. The Hall–Kier alpha value is -0.540. The minimum atomic E-state index is 0.315. The summed E-state index contributed by atoms with van der Waals surface area (Å²) in [5.74, 6) is 0.895. The number of hydrogen-bond donors (Lipinski definition) is 1. The summed E-state index contributed by atoms with van der Waals surface area (Å²) in [5.41, 5.74) is 1.67.